The van der Waals surface area contributed by atoms with Crippen molar-refractivity contribution in [3.63, 3.8) is 0 Å². The van der Waals surface area contributed by atoms with Gasteiger partial charge in [-0.1, -0.05) is 24.3 Å². The van der Waals surface area contributed by atoms with Gasteiger partial charge < -0.3 is 5.32 Å². The number of para-hydroxylation sites is 1. The molecular weight excluding hydrogens is 295 g/mol. The van der Waals surface area contributed by atoms with Gasteiger partial charge in [0.25, 0.3) is 0 Å². The maximum Gasteiger partial charge on any atom is 0.416 e. The summed E-state index contributed by atoms with van der Waals surface area (Å²) in [5.41, 5.74) is -0.193. The molecule has 22 heavy (non-hydrogen) atoms. The van der Waals surface area contributed by atoms with E-state index in [1.807, 2.05) is 0 Å². The van der Waals surface area contributed by atoms with Crippen LogP contribution in [0.1, 0.15) is 5.56 Å². The smallest absolute Gasteiger partial charge is 0.306 e. The minimum absolute atomic E-state index is 0.0550. The first-order valence-corrected chi connectivity index (χ1v) is 6.36. The first kappa shape index (κ1) is 14.1. The van der Waals surface area contributed by atoms with Crippen molar-refractivity contribution in [1.82, 2.24) is 9.78 Å². The number of carbonyl (C=O) groups is 1. The number of nitrogens with zero attached hydrogens (tertiary/aromatic N) is 2. The Morgan fingerprint density at radius 1 is 1.09 bits per heavy atom. The van der Waals surface area contributed by atoms with Gasteiger partial charge in [-0.15, -0.1) is 0 Å². The molecule has 1 N–H and O–H groups in total. The summed E-state index contributed by atoms with van der Waals surface area (Å²) in [7, 11) is 0. The van der Waals surface area contributed by atoms with Gasteiger partial charge in [-0.05, 0) is 24.3 Å². The van der Waals surface area contributed by atoms with E-state index >= 15 is 0 Å². The molecule has 0 aliphatic carbocycles. The van der Waals surface area contributed by atoms with Crippen molar-refractivity contribution in [2.75, 3.05) is 5.32 Å². The summed E-state index contributed by atoms with van der Waals surface area (Å²) in [6.45, 7) is 0. The third-order valence-corrected chi connectivity index (χ3v) is 3.11. The van der Waals surface area contributed by atoms with E-state index in [9.17, 15) is 18.0 Å². The molecule has 0 saturated heterocycles. The number of carbonyl (C=O) groups excluding carboxylic acids is 1. The Morgan fingerprint density at radius 2 is 1.86 bits per heavy atom. The highest BCUT2D eigenvalue weighted by Crippen LogP contribution is 2.30. The molecule has 0 spiro atoms. The van der Waals surface area contributed by atoms with E-state index in [1.165, 1.54) is 18.3 Å². The second-order valence-corrected chi connectivity index (χ2v) is 4.62. The number of amides is 1. The molecule has 2 aromatic carbocycles. The number of halogens is 3. The molecule has 0 saturated carbocycles. The van der Waals surface area contributed by atoms with E-state index in [4.69, 9.17) is 0 Å². The van der Waals surface area contributed by atoms with Gasteiger partial charge in [0.05, 0.1) is 17.3 Å². The molecular formula is C15H10F3N3O. The minimum atomic E-state index is -4.46. The first-order chi connectivity index (χ1) is 10.4. The molecule has 0 atom stereocenters. The van der Waals surface area contributed by atoms with E-state index in [0.717, 1.165) is 22.2 Å². The lowest BCUT2D eigenvalue weighted by molar-refractivity contribution is -0.137. The predicted molar refractivity (Wildman–Crippen MR) is 75.6 cm³/mol. The van der Waals surface area contributed by atoms with Crippen LogP contribution >= 0.6 is 0 Å². The fourth-order valence-corrected chi connectivity index (χ4v) is 2.08. The van der Waals surface area contributed by atoms with Crippen molar-refractivity contribution >= 4 is 22.6 Å². The monoisotopic (exact) mass is 305 g/mol. The summed E-state index contributed by atoms with van der Waals surface area (Å²) in [5.74, 6) is 0. The molecule has 0 aliphatic heterocycles. The van der Waals surface area contributed by atoms with Gasteiger partial charge in [0.15, 0.2) is 0 Å². The zero-order valence-electron chi connectivity index (χ0n) is 11.1. The van der Waals surface area contributed by atoms with Gasteiger partial charge in [0.1, 0.15) is 0 Å². The van der Waals surface area contributed by atoms with Crippen LogP contribution in [0.15, 0.2) is 54.7 Å². The zero-order chi connectivity index (χ0) is 15.7. The van der Waals surface area contributed by atoms with Crippen molar-refractivity contribution in [3.8, 4) is 0 Å². The molecule has 0 fully saturated rings. The number of alkyl halides is 3. The summed E-state index contributed by atoms with van der Waals surface area (Å²) in [6.07, 6.45) is -2.94. The first-order valence-electron chi connectivity index (χ1n) is 6.36. The molecule has 0 radical (unpaired) electrons. The molecule has 0 aliphatic rings. The highest BCUT2D eigenvalue weighted by atomic mass is 19.4. The number of hydrogen-bond donors (Lipinski definition) is 1. The van der Waals surface area contributed by atoms with Crippen LogP contribution in [0, 0.1) is 0 Å². The normalized spacial score (nSPS) is 11.6. The van der Waals surface area contributed by atoms with E-state index in [2.05, 4.69) is 10.4 Å². The van der Waals surface area contributed by atoms with Gasteiger partial charge in [-0.3, -0.25) is 0 Å². The van der Waals surface area contributed by atoms with E-state index < -0.39 is 17.8 Å². The minimum Gasteiger partial charge on any atom is -0.306 e. The Hall–Kier alpha value is -2.83. The van der Waals surface area contributed by atoms with Gasteiger partial charge in [-0.2, -0.15) is 23.0 Å². The summed E-state index contributed by atoms with van der Waals surface area (Å²) in [6, 6.07) is 10.9. The van der Waals surface area contributed by atoms with Gasteiger partial charge in [0, 0.05) is 11.1 Å². The average molecular weight is 305 g/mol. The average Bonchev–Trinajstić information content (AvgIpc) is 2.90. The van der Waals surface area contributed by atoms with Crippen molar-refractivity contribution in [1.29, 1.82) is 0 Å². The van der Waals surface area contributed by atoms with Crippen molar-refractivity contribution in [2.45, 2.75) is 6.18 Å². The number of rotatable bonds is 1. The molecule has 3 aromatic rings. The fraction of sp³-hybridized carbons (Fsp3) is 0.0667. The Bertz CT molecular complexity index is 839. The molecule has 0 unspecified atom stereocenters. The van der Waals surface area contributed by atoms with Crippen LogP contribution in [-0.4, -0.2) is 15.8 Å². The number of benzene rings is 2. The molecule has 1 heterocycles. The highest BCUT2D eigenvalue weighted by molar-refractivity contribution is 5.97. The van der Waals surface area contributed by atoms with Crippen LogP contribution in [0.2, 0.25) is 0 Å². The van der Waals surface area contributed by atoms with E-state index in [0.29, 0.717) is 5.52 Å². The largest absolute Gasteiger partial charge is 0.416 e. The Kier molecular flexibility index (Phi) is 3.32. The van der Waals surface area contributed by atoms with Crippen molar-refractivity contribution in [3.05, 3.63) is 60.3 Å². The Balaban J connectivity index is 1.89. The highest BCUT2D eigenvalue weighted by Gasteiger charge is 2.30. The molecule has 112 valence electrons. The SMILES string of the molecule is O=C(Nc1cccc(C(F)(F)F)c1)n1ncc2ccccc21. The van der Waals surface area contributed by atoms with E-state index in [-0.39, 0.29) is 5.69 Å². The second-order valence-electron chi connectivity index (χ2n) is 4.62. The molecule has 7 heteroatoms. The summed E-state index contributed by atoms with van der Waals surface area (Å²) >= 11 is 0. The van der Waals surface area contributed by atoms with Crippen molar-refractivity contribution in [2.24, 2.45) is 0 Å². The third kappa shape index (κ3) is 2.65. The second kappa shape index (κ2) is 5.18. The maximum atomic E-state index is 12.7. The standard InChI is InChI=1S/C15H10F3N3O/c16-15(17,18)11-5-3-6-12(8-11)20-14(22)21-13-7-2-1-4-10(13)9-19-21/h1-9H,(H,20,22). The fourth-order valence-electron chi connectivity index (χ4n) is 2.08. The molecule has 1 aromatic heterocycles. The van der Waals surface area contributed by atoms with Crippen LogP contribution in [0.4, 0.5) is 23.7 Å². The Labute approximate surface area is 123 Å². The topological polar surface area (TPSA) is 46.9 Å². The maximum absolute atomic E-state index is 12.7. The van der Waals surface area contributed by atoms with Crippen LogP contribution < -0.4 is 5.32 Å². The van der Waals surface area contributed by atoms with Gasteiger partial charge in [0.2, 0.25) is 0 Å². The molecule has 0 bridgehead atoms. The van der Waals surface area contributed by atoms with Crippen LogP contribution in [0.3, 0.4) is 0 Å². The zero-order valence-corrected chi connectivity index (χ0v) is 11.1. The molecule has 1 amide bonds. The summed E-state index contributed by atoms with van der Waals surface area (Å²) in [5, 5.41) is 7.12. The number of anilines is 1. The number of nitrogens with one attached hydrogen (secondary N) is 1. The molecule has 4 nitrogen and oxygen atoms in total. The van der Waals surface area contributed by atoms with Gasteiger partial charge >= 0.3 is 12.2 Å². The van der Waals surface area contributed by atoms with E-state index in [1.54, 1.807) is 24.3 Å². The lowest BCUT2D eigenvalue weighted by Crippen LogP contribution is -2.20. The van der Waals surface area contributed by atoms with Crippen molar-refractivity contribution < 1.29 is 18.0 Å². The lowest BCUT2D eigenvalue weighted by atomic mass is 10.2. The lowest BCUT2D eigenvalue weighted by Gasteiger charge is -2.10. The number of hydrogen-bond acceptors (Lipinski definition) is 2. The van der Waals surface area contributed by atoms with Gasteiger partial charge in [-0.25, -0.2) is 4.79 Å². The Morgan fingerprint density at radius 3 is 2.64 bits per heavy atom. The van der Waals surface area contributed by atoms with Crippen LogP contribution in [-0.2, 0) is 6.18 Å². The van der Waals surface area contributed by atoms with Crippen LogP contribution in [0.25, 0.3) is 10.9 Å². The summed E-state index contributed by atoms with van der Waals surface area (Å²) in [4.78, 5) is 12.2. The summed E-state index contributed by atoms with van der Waals surface area (Å²) < 4.78 is 39.1. The number of aromatic nitrogens is 2. The predicted octanol–water partition coefficient (Wildman–Crippen LogP) is 4.14. The number of fused-ring (bicyclic) bond motifs is 1. The molecule has 3 rings (SSSR count). The third-order valence-electron chi connectivity index (χ3n) is 3.11. The van der Waals surface area contributed by atoms with Crippen LogP contribution in [0.5, 0.6) is 0 Å². The quantitative estimate of drug-likeness (QED) is 0.734.